The third-order valence-corrected chi connectivity index (χ3v) is 1.83. The van der Waals surface area contributed by atoms with Crippen LogP contribution >= 0.6 is 0 Å². The van der Waals surface area contributed by atoms with E-state index in [9.17, 15) is 13.2 Å². The van der Waals surface area contributed by atoms with Crippen LogP contribution in [0.4, 0.5) is 13.2 Å². The molecule has 78 valence electrons. The van der Waals surface area contributed by atoms with Crippen LogP contribution in [0.1, 0.15) is 5.56 Å². The molecule has 0 aliphatic carbocycles. The Labute approximate surface area is 82.5 Å². The number of benzene rings is 1. The molecule has 1 heterocycles. The van der Waals surface area contributed by atoms with Crippen molar-refractivity contribution in [2.45, 2.75) is 6.18 Å². The zero-order valence-corrected chi connectivity index (χ0v) is 7.32. The molecule has 1 aromatic heterocycles. The van der Waals surface area contributed by atoms with E-state index in [2.05, 4.69) is 14.7 Å². The second-order valence-corrected chi connectivity index (χ2v) is 2.83. The zero-order valence-electron chi connectivity index (χ0n) is 7.32. The van der Waals surface area contributed by atoms with E-state index in [4.69, 9.17) is 0 Å². The third kappa shape index (κ3) is 1.98. The summed E-state index contributed by atoms with van der Waals surface area (Å²) in [6.07, 6.45) is -3.21. The van der Waals surface area contributed by atoms with Gasteiger partial charge in [-0.1, -0.05) is 17.3 Å². The van der Waals surface area contributed by atoms with E-state index in [-0.39, 0.29) is 5.82 Å². The fourth-order valence-electron chi connectivity index (χ4n) is 1.11. The summed E-state index contributed by atoms with van der Waals surface area (Å²) >= 11 is 0. The van der Waals surface area contributed by atoms with Gasteiger partial charge in [-0.05, 0) is 12.1 Å². The summed E-state index contributed by atoms with van der Waals surface area (Å²) in [4.78, 5) is 3.72. The van der Waals surface area contributed by atoms with Gasteiger partial charge in [0, 0.05) is 5.56 Å². The van der Waals surface area contributed by atoms with Crippen LogP contribution in [-0.4, -0.2) is 10.1 Å². The molecule has 0 unspecified atom stereocenters. The topological polar surface area (TPSA) is 38.9 Å². The highest BCUT2D eigenvalue weighted by Gasteiger charge is 2.30. The first-order valence-electron chi connectivity index (χ1n) is 4.01. The Kier molecular flexibility index (Phi) is 2.18. The van der Waals surface area contributed by atoms with Crippen LogP contribution in [0.15, 0.2) is 35.2 Å². The van der Waals surface area contributed by atoms with E-state index in [0.29, 0.717) is 5.56 Å². The van der Waals surface area contributed by atoms with Crippen molar-refractivity contribution < 1.29 is 17.7 Å². The molecule has 2 aromatic rings. The summed E-state index contributed by atoms with van der Waals surface area (Å²) in [6, 6.07) is 4.55. The van der Waals surface area contributed by atoms with Gasteiger partial charge in [-0.25, -0.2) is 0 Å². The molecule has 0 amide bonds. The fourth-order valence-corrected chi connectivity index (χ4v) is 1.11. The van der Waals surface area contributed by atoms with Gasteiger partial charge in [-0.2, -0.15) is 18.2 Å². The lowest BCUT2D eigenvalue weighted by atomic mass is 10.1. The largest absolute Gasteiger partial charge is 0.416 e. The average molecular weight is 214 g/mol. The molecule has 0 saturated heterocycles. The van der Waals surface area contributed by atoms with Gasteiger partial charge in [0.1, 0.15) is 0 Å². The standard InChI is InChI=1S/C9H5F3N2O/c10-9(11,12)7-3-1-6(2-4-7)8-13-5-15-14-8/h1-5H. The maximum Gasteiger partial charge on any atom is 0.416 e. The molecule has 0 bridgehead atoms. The molecular weight excluding hydrogens is 209 g/mol. The highest BCUT2D eigenvalue weighted by Crippen LogP contribution is 2.30. The minimum Gasteiger partial charge on any atom is -0.342 e. The Balaban J connectivity index is 2.33. The normalized spacial score (nSPS) is 11.7. The lowest BCUT2D eigenvalue weighted by Crippen LogP contribution is -2.04. The van der Waals surface area contributed by atoms with E-state index in [1.165, 1.54) is 12.1 Å². The van der Waals surface area contributed by atoms with Crippen molar-refractivity contribution in [1.82, 2.24) is 10.1 Å². The van der Waals surface area contributed by atoms with Crippen molar-refractivity contribution in [3.05, 3.63) is 36.2 Å². The average Bonchev–Trinajstić information content (AvgIpc) is 2.69. The van der Waals surface area contributed by atoms with Crippen molar-refractivity contribution >= 4 is 0 Å². The van der Waals surface area contributed by atoms with Crippen LogP contribution in [0.25, 0.3) is 11.4 Å². The SMILES string of the molecule is FC(F)(F)c1ccc(-c2ncon2)cc1. The summed E-state index contributed by atoms with van der Waals surface area (Å²) < 4.78 is 41.1. The van der Waals surface area contributed by atoms with Gasteiger partial charge in [0.05, 0.1) is 5.56 Å². The lowest BCUT2D eigenvalue weighted by Gasteiger charge is -2.05. The monoisotopic (exact) mass is 214 g/mol. The highest BCUT2D eigenvalue weighted by molar-refractivity contribution is 5.54. The van der Waals surface area contributed by atoms with Crippen LogP contribution < -0.4 is 0 Å². The number of nitrogens with zero attached hydrogens (tertiary/aromatic N) is 2. The number of hydrogen-bond acceptors (Lipinski definition) is 3. The van der Waals surface area contributed by atoms with Gasteiger partial charge in [-0.3, -0.25) is 0 Å². The molecule has 3 nitrogen and oxygen atoms in total. The Morgan fingerprint density at radius 2 is 1.73 bits per heavy atom. The van der Waals surface area contributed by atoms with E-state index in [1.54, 1.807) is 0 Å². The number of halogens is 3. The molecule has 0 N–H and O–H groups in total. The molecule has 15 heavy (non-hydrogen) atoms. The van der Waals surface area contributed by atoms with E-state index < -0.39 is 11.7 Å². The molecule has 0 atom stereocenters. The predicted molar refractivity (Wildman–Crippen MR) is 44.7 cm³/mol. The maximum atomic E-state index is 12.2. The molecule has 0 fully saturated rings. The van der Waals surface area contributed by atoms with E-state index >= 15 is 0 Å². The van der Waals surface area contributed by atoms with Crippen LogP contribution in [0.2, 0.25) is 0 Å². The summed E-state index contributed by atoms with van der Waals surface area (Å²) in [5, 5.41) is 3.51. The van der Waals surface area contributed by atoms with Gasteiger partial charge in [0.2, 0.25) is 12.2 Å². The van der Waals surface area contributed by atoms with Crippen molar-refractivity contribution in [1.29, 1.82) is 0 Å². The molecule has 0 spiro atoms. The minimum atomic E-state index is -4.32. The minimum absolute atomic E-state index is 0.267. The Morgan fingerprint density at radius 3 is 2.20 bits per heavy atom. The molecular formula is C9H5F3N2O. The smallest absolute Gasteiger partial charge is 0.342 e. The van der Waals surface area contributed by atoms with Crippen LogP contribution in [-0.2, 0) is 6.18 Å². The highest BCUT2D eigenvalue weighted by atomic mass is 19.4. The summed E-state index contributed by atoms with van der Waals surface area (Å²) in [7, 11) is 0. The molecule has 0 aliphatic rings. The molecule has 1 aromatic carbocycles. The Bertz CT molecular complexity index is 433. The van der Waals surface area contributed by atoms with Crippen molar-refractivity contribution in [3.63, 3.8) is 0 Å². The molecule has 2 rings (SSSR count). The van der Waals surface area contributed by atoms with E-state index in [0.717, 1.165) is 18.5 Å². The fraction of sp³-hybridized carbons (Fsp3) is 0.111. The van der Waals surface area contributed by atoms with Crippen LogP contribution in [0.5, 0.6) is 0 Å². The first-order valence-corrected chi connectivity index (χ1v) is 4.01. The molecule has 6 heteroatoms. The van der Waals surface area contributed by atoms with Crippen molar-refractivity contribution in [2.24, 2.45) is 0 Å². The van der Waals surface area contributed by atoms with Gasteiger partial charge in [0.25, 0.3) is 0 Å². The number of aromatic nitrogens is 2. The van der Waals surface area contributed by atoms with E-state index in [1.807, 2.05) is 0 Å². The summed E-state index contributed by atoms with van der Waals surface area (Å²) in [5.41, 5.74) is -0.216. The van der Waals surface area contributed by atoms with Crippen molar-refractivity contribution in [2.75, 3.05) is 0 Å². The van der Waals surface area contributed by atoms with Gasteiger partial charge >= 0.3 is 6.18 Å². The number of alkyl halides is 3. The van der Waals surface area contributed by atoms with Crippen LogP contribution in [0.3, 0.4) is 0 Å². The first kappa shape index (κ1) is 9.70. The quantitative estimate of drug-likeness (QED) is 0.732. The van der Waals surface area contributed by atoms with Gasteiger partial charge in [0.15, 0.2) is 0 Å². The zero-order chi connectivity index (χ0) is 10.9. The first-order chi connectivity index (χ1) is 7.07. The lowest BCUT2D eigenvalue weighted by molar-refractivity contribution is -0.137. The van der Waals surface area contributed by atoms with Crippen LogP contribution in [0, 0.1) is 0 Å². The molecule has 0 radical (unpaired) electrons. The molecule has 0 saturated carbocycles. The summed E-state index contributed by atoms with van der Waals surface area (Å²) in [5.74, 6) is 0.267. The number of hydrogen-bond donors (Lipinski definition) is 0. The van der Waals surface area contributed by atoms with Gasteiger partial charge in [-0.15, -0.1) is 0 Å². The van der Waals surface area contributed by atoms with Crippen molar-refractivity contribution in [3.8, 4) is 11.4 Å². The molecule has 0 aliphatic heterocycles. The second-order valence-electron chi connectivity index (χ2n) is 2.83. The predicted octanol–water partition coefficient (Wildman–Crippen LogP) is 2.76. The summed E-state index contributed by atoms with van der Waals surface area (Å²) in [6.45, 7) is 0. The maximum absolute atomic E-state index is 12.2. The second kappa shape index (κ2) is 3.38. The van der Waals surface area contributed by atoms with Gasteiger partial charge < -0.3 is 4.52 Å². The number of rotatable bonds is 1. The Hall–Kier alpha value is -1.85. The Morgan fingerprint density at radius 1 is 1.07 bits per heavy atom. The third-order valence-electron chi connectivity index (χ3n) is 1.83.